The van der Waals surface area contributed by atoms with Gasteiger partial charge in [-0.1, -0.05) is 71.1 Å². The fraction of sp³-hybridized carbons (Fsp3) is 0.765. The van der Waals surface area contributed by atoms with Gasteiger partial charge in [0.15, 0.2) is 0 Å². The molecule has 1 atom stereocenters. The van der Waals surface area contributed by atoms with Crippen molar-refractivity contribution < 1.29 is 9.90 Å². The molecule has 0 bridgehead atoms. The van der Waals surface area contributed by atoms with Crippen LogP contribution < -0.4 is 0 Å². The van der Waals surface area contributed by atoms with Gasteiger partial charge in [0.2, 0.25) is 0 Å². The zero-order valence-electron chi connectivity index (χ0n) is 13.3. The number of unbranched alkanes of at least 4 members (excludes halogenated alkanes) is 9. The number of nitrogens with zero attached hydrogens (tertiary/aromatic N) is 2. The van der Waals surface area contributed by atoms with Crippen molar-refractivity contribution in [3.8, 4) is 0 Å². The van der Waals surface area contributed by atoms with E-state index in [0.29, 0.717) is 6.42 Å². The first kappa shape index (κ1) is 17.7. The lowest BCUT2D eigenvalue weighted by atomic mass is 10.0. The molecular weight excluding hydrogens is 264 g/mol. The Hall–Kier alpha value is -1.32. The average molecular weight is 294 g/mol. The number of aromatic nitrogens is 2. The highest BCUT2D eigenvalue weighted by atomic mass is 16.4. The Bertz CT molecular complexity index is 363. The molecule has 4 heteroatoms. The lowest BCUT2D eigenvalue weighted by molar-refractivity contribution is -0.141. The quantitative estimate of drug-likeness (QED) is 0.531. The topological polar surface area (TPSA) is 55.1 Å². The number of carboxylic acid groups (broad SMARTS) is 1. The van der Waals surface area contributed by atoms with Gasteiger partial charge in [0.05, 0.1) is 6.33 Å². The van der Waals surface area contributed by atoms with E-state index in [1.165, 1.54) is 51.4 Å². The molecule has 1 rings (SSSR count). The summed E-state index contributed by atoms with van der Waals surface area (Å²) in [5.74, 6) is -0.760. The predicted molar refractivity (Wildman–Crippen MR) is 85.4 cm³/mol. The molecule has 4 nitrogen and oxygen atoms in total. The highest BCUT2D eigenvalue weighted by molar-refractivity contribution is 5.71. The fourth-order valence-corrected chi connectivity index (χ4v) is 2.68. The normalized spacial score (nSPS) is 12.4. The van der Waals surface area contributed by atoms with Crippen molar-refractivity contribution in [2.75, 3.05) is 0 Å². The zero-order valence-corrected chi connectivity index (χ0v) is 13.3. The van der Waals surface area contributed by atoms with Crippen LogP contribution in [0.2, 0.25) is 0 Å². The van der Waals surface area contributed by atoms with E-state index in [2.05, 4.69) is 11.9 Å². The summed E-state index contributed by atoms with van der Waals surface area (Å²) in [6.45, 7) is 2.24. The molecule has 0 fully saturated rings. The molecule has 1 heterocycles. The van der Waals surface area contributed by atoms with Gasteiger partial charge in [-0.25, -0.2) is 9.78 Å². The van der Waals surface area contributed by atoms with Crippen molar-refractivity contribution in [2.45, 2.75) is 83.6 Å². The van der Waals surface area contributed by atoms with Crippen LogP contribution in [0.1, 0.15) is 83.6 Å². The molecule has 1 aromatic rings. The third-order valence-electron chi connectivity index (χ3n) is 4.00. The van der Waals surface area contributed by atoms with Crippen LogP contribution in [0, 0.1) is 0 Å². The zero-order chi connectivity index (χ0) is 15.3. The Morgan fingerprint density at radius 1 is 1.05 bits per heavy atom. The molecule has 0 saturated heterocycles. The van der Waals surface area contributed by atoms with Gasteiger partial charge < -0.3 is 9.67 Å². The van der Waals surface area contributed by atoms with Crippen molar-refractivity contribution >= 4 is 5.97 Å². The number of hydrogen-bond donors (Lipinski definition) is 1. The molecule has 0 aromatic carbocycles. The van der Waals surface area contributed by atoms with Crippen LogP contribution in [-0.4, -0.2) is 20.6 Å². The van der Waals surface area contributed by atoms with Crippen molar-refractivity contribution in [3.05, 3.63) is 18.7 Å². The molecule has 0 radical (unpaired) electrons. The summed E-state index contributed by atoms with van der Waals surface area (Å²) in [5.41, 5.74) is 0. The number of aliphatic carboxylic acids is 1. The summed E-state index contributed by atoms with van der Waals surface area (Å²) >= 11 is 0. The van der Waals surface area contributed by atoms with Crippen LogP contribution >= 0.6 is 0 Å². The second-order valence-corrected chi connectivity index (χ2v) is 5.83. The summed E-state index contributed by atoms with van der Waals surface area (Å²) in [6, 6.07) is -0.457. The summed E-state index contributed by atoms with van der Waals surface area (Å²) in [4.78, 5) is 15.2. The van der Waals surface area contributed by atoms with Crippen LogP contribution in [0.5, 0.6) is 0 Å². The first-order chi connectivity index (χ1) is 10.3. The van der Waals surface area contributed by atoms with Crippen LogP contribution in [0.3, 0.4) is 0 Å². The van der Waals surface area contributed by atoms with Crippen molar-refractivity contribution in [1.29, 1.82) is 0 Å². The first-order valence-corrected chi connectivity index (χ1v) is 8.46. The maximum absolute atomic E-state index is 11.2. The molecule has 1 aromatic heterocycles. The summed E-state index contributed by atoms with van der Waals surface area (Å²) < 4.78 is 1.69. The van der Waals surface area contributed by atoms with E-state index >= 15 is 0 Å². The molecule has 0 amide bonds. The Balaban J connectivity index is 2.01. The molecule has 1 unspecified atom stereocenters. The lowest BCUT2D eigenvalue weighted by Crippen LogP contribution is -2.17. The molecular formula is C17H30N2O2. The molecule has 0 spiro atoms. The van der Waals surface area contributed by atoms with E-state index in [1.54, 1.807) is 23.3 Å². The minimum Gasteiger partial charge on any atom is -0.480 e. The number of hydrogen-bond acceptors (Lipinski definition) is 2. The minimum absolute atomic E-state index is 0.457. The third-order valence-corrected chi connectivity index (χ3v) is 4.00. The fourth-order valence-electron chi connectivity index (χ4n) is 2.68. The van der Waals surface area contributed by atoms with Gasteiger partial charge >= 0.3 is 5.97 Å². The number of carbonyl (C=O) groups is 1. The van der Waals surface area contributed by atoms with E-state index in [9.17, 15) is 9.90 Å². The SMILES string of the molecule is CCCCCCCCCCCCC(C(=O)O)n1ccnc1. The predicted octanol–water partition coefficient (Wildman–Crippen LogP) is 4.82. The van der Waals surface area contributed by atoms with Crippen molar-refractivity contribution in [3.63, 3.8) is 0 Å². The monoisotopic (exact) mass is 294 g/mol. The second-order valence-electron chi connectivity index (χ2n) is 5.83. The molecule has 21 heavy (non-hydrogen) atoms. The number of rotatable bonds is 13. The van der Waals surface area contributed by atoms with Gasteiger partial charge in [0.25, 0.3) is 0 Å². The number of carboxylic acids is 1. The highest BCUT2D eigenvalue weighted by Crippen LogP contribution is 2.17. The van der Waals surface area contributed by atoms with E-state index in [1.807, 2.05) is 0 Å². The molecule has 0 aliphatic carbocycles. The molecule has 120 valence electrons. The molecule has 1 N–H and O–H groups in total. The van der Waals surface area contributed by atoms with Crippen LogP contribution in [-0.2, 0) is 4.79 Å². The first-order valence-electron chi connectivity index (χ1n) is 8.46. The van der Waals surface area contributed by atoms with Crippen LogP contribution in [0.15, 0.2) is 18.7 Å². The lowest BCUT2D eigenvalue weighted by Gasteiger charge is -2.13. The van der Waals surface area contributed by atoms with E-state index in [0.717, 1.165) is 12.8 Å². The molecule has 0 aliphatic heterocycles. The average Bonchev–Trinajstić information content (AvgIpc) is 2.98. The Morgan fingerprint density at radius 2 is 1.62 bits per heavy atom. The van der Waals surface area contributed by atoms with E-state index in [4.69, 9.17) is 0 Å². The molecule has 0 aliphatic rings. The van der Waals surface area contributed by atoms with Gasteiger partial charge in [0.1, 0.15) is 6.04 Å². The largest absolute Gasteiger partial charge is 0.480 e. The maximum atomic E-state index is 11.2. The van der Waals surface area contributed by atoms with Gasteiger partial charge in [-0.15, -0.1) is 0 Å². The summed E-state index contributed by atoms with van der Waals surface area (Å²) in [5, 5.41) is 9.24. The van der Waals surface area contributed by atoms with Crippen molar-refractivity contribution in [2.24, 2.45) is 0 Å². The van der Waals surface area contributed by atoms with Crippen LogP contribution in [0.25, 0.3) is 0 Å². The van der Waals surface area contributed by atoms with E-state index in [-0.39, 0.29) is 0 Å². The maximum Gasteiger partial charge on any atom is 0.326 e. The van der Waals surface area contributed by atoms with Gasteiger partial charge in [-0.2, -0.15) is 0 Å². The van der Waals surface area contributed by atoms with Crippen molar-refractivity contribution in [1.82, 2.24) is 9.55 Å². The Labute approximate surface area is 128 Å². The summed E-state index contributed by atoms with van der Waals surface area (Å²) in [7, 11) is 0. The molecule has 0 saturated carbocycles. The summed E-state index contributed by atoms with van der Waals surface area (Å²) in [6.07, 6.45) is 18.4. The van der Waals surface area contributed by atoms with E-state index < -0.39 is 12.0 Å². The van der Waals surface area contributed by atoms with Gasteiger partial charge in [-0.3, -0.25) is 0 Å². The minimum atomic E-state index is -0.760. The van der Waals surface area contributed by atoms with Crippen LogP contribution in [0.4, 0.5) is 0 Å². The van der Waals surface area contributed by atoms with Gasteiger partial charge in [0, 0.05) is 12.4 Å². The smallest absolute Gasteiger partial charge is 0.326 e. The third kappa shape index (κ3) is 7.88. The Morgan fingerprint density at radius 3 is 2.10 bits per heavy atom. The van der Waals surface area contributed by atoms with Gasteiger partial charge in [-0.05, 0) is 6.42 Å². The standard InChI is InChI=1S/C17H30N2O2/c1-2-3-4-5-6-7-8-9-10-11-12-16(17(20)21)19-14-13-18-15-19/h13-16H,2-12H2,1H3,(H,20,21). The highest BCUT2D eigenvalue weighted by Gasteiger charge is 2.17. The number of imidazole rings is 1. The Kier molecular flexibility index (Phi) is 9.58. The second kappa shape index (κ2) is 11.4.